The summed E-state index contributed by atoms with van der Waals surface area (Å²) in [5, 5.41) is 10.3. The molecule has 1 N–H and O–H groups in total. The molecule has 4 rings (SSSR count). The first-order valence-corrected chi connectivity index (χ1v) is 10.3. The third-order valence-corrected chi connectivity index (χ3v) is 5.90. The number of benzene rings is 1. The first kappa shape index (κ1) is 23.2. The van der Waals surface area contributed by atoms with Gasteiger partial charge in [0.1, 0.15) is 5.75 Å². The zero-order valence-corrected chi connectivity index (χ0v) is 19.1. The minimum Gasteiger partial charge on any atom is -0.496 e. The molecular formula is C23H29ClN2O5. The highest BCUT2D eigenvalue weighted by atomic mass is 35.5. The Morgan fingerprint density at radius 3 is 2.42 bits per heavy atom. The number of pyridine rings is 1. The van der Waals surface area contributed by atoms with Gasteiger partial charge in [0, 0.05) is 23.7 Å². The van der Waals surface area contributed by atoms with Crippen LogP contribution in [0.5, 0.6) is 23.1 Å². The molecule has 1 aromatic carbocycles. The molecule has 0 radical (unpaired) electrons. The van der Waals surface area contributed by atoms with E-state index >= 15 is 0 Å². The lowest BCUT2D eigenvalue weighted by atomic mass is 9.74. The standard InChI is InChI=1S/C23H28N2O5.ClH/c1-5-30-21-9-14-15-8-13(26)6-7-18(15)25-23(16(14)10-20(21)28-3)17-12-24-22(29-4)11-19(17)27-2;/h9-13,15,18,26H,5-8H2,1-4H3;1H. The summed E-state index contributed by atoms with van der Waals surface area (Å²) in [7, 11) is 4.83. The molecule has 1 fully saturated rings. The van der Waals surface area contributed by atoms with Gasteiger partial charge in [0.15, 0.2) is 11.5 Å². The van der Waals surface area contributed by atoms with Crippen LogP contribution in [-0.4, -0.2) is 55.9 Å². The molecule has 3 atom stereocenters. The fourth-order valence-corrected chi connectivity index (χ4v) is 4.46. The molecule has 1 aliphatic heterocycles. The van der Waals surface area contributed by atoms with Crippen molar-refractivity contribution in [3.05, 3.63) is 41.1 Å². The molecule has 1 aliphatic carbocycles. The number of nitrogens with zero attached hydrogens (tertiary/aromatic N) is 2. The van der Waals surface area contributed by atoms with Gasteiger partial charge in [-0.15, -0.1) is 12.4 Å². The van der Waals surface area contributed by atoms with Gasteiger partial charge in [0.25, 0.3) is 0 Å². The van der Waals surface area contributed by atoms with Gasteiger partial charge < -0.3 is 24.1 Å². The normalized spacial score (nSPS) is 21.7. The Morgan fingerprint density at radius 1 is 0.968 bits per heavy atom. The van der Waals surface area contributed by atoms with Gasteiger partial charge in [-0.2, -0.15) is 0 Å². The van der Waals surface area contributed by atoms with Gasteiger partial charge in [0.2, 0.25) is 5.88 Å². The molecular weight excluding hydrogens is 420 g/mol. The molecule has 1 aromatic heterocycles. The highest BCUT2D eigenvalue weighted by molar-refractivity contribution is 6.16. The van der Waals surface area contributed by atoms with E-state index in [2.05, 4.69) is 4.98 Å². The van der Waals surface area contributed by atoms with Gasteiger partial charge in [0.05, 0.1) is 51.4 Å². The summed E-state index contributed by atoms with van der Waals surface area (Å²) in [6, 6.07) is 5.87. The Balaban J connectivity index is 0.00000272. The lowest BCUT2D eigenvalue weighted by Gasteiger charge is -2.37. The number of aliphatic hydroxyl groups is 1. The van der Waals surface area contributed by atoms with Gasteiger partial charge in [-0.25, -0.2) is 4.98 Å². The van der Waals surface area contributed by atoms with Crippen LogP contribution in [0.4, 0.5) is 0 Å². The van der Waals surface area contributed by atoms with E-state index in [1.807, 2.05) is 19.1 Å². The van der Waals surface area contributed by atoms with Gasteiger partial charge in [-0.3, -0.25) is 4.99 Å². The number of hydrogen-bond donors (Lipinski definition) is 1. The van der Waals surface area contributed by atoms with E-state index < -0.39 is 0 Å². The second-order valence-corrected chi connectivity index (χ2v) is 7.57. The van der Waals surface area contributed by atoms with E-state index in [4.69, 9.17) is 23.9 Å². The van der Waals surface area contributed by atoms with Crippen molar-refractivity contribution in [2.24, 2.45) is 4.99 Å². The molecule has 0 spiro atoms. The Morgan fingerprint density at radius 2 is 1.74 bits per heavy atom. The zero-order chi connectivity index (χ0) is 21.3. The second kappa shape index (κ2) is 9.75. The van der Waals surface area contributed by atoms with E-state index in [0.29, 0.717) is 36.2 Å². The molecule has 168 valence electrons. The number of aliphatic imine (C=N–C) groups is 1. The van der Waals surface area contributed by atoms with Gasteiger partial charge in [-0.05, 0) is 43.9 Å². The number of aliphatic hydroxyl groups excluding tert-OH is 1. The fraction of sp³-hybridized carbons (Fsp3) is 0.478. The van der Waals surface area contributed by atoms with E-state index in [1.165, 1.54) is 0 Å². The van der Waals surface area contributed by atoms with Crippen molar-refractivity contribution in [2.45, 2.75) is 44.2 Å². The van der Waals surface area contributed by atoms with Crippen molar-refractivity contribution in [3.8, 4) is 23.1 Å². The van der Waals surface area contributed by atoms with Crippen LogP contribution in [0.2, 0.25) is 0 Å². The number of aromatic nitrogens is 1. The number of rotatable bonds is 6. The number of halogens is 1. The molecule has 0 amide bonds. The lowest BCUT2D eigenvalue weighted by Crippen LogP contribution is -2.34. The molecule has 1 saturated carbocycles. The maximum atomic E-state index is 10.3. The summed E-state index contributed by atoms with van der Waals surface area (Å²) in [4.78, 5) is 9.49. The average Bonchev–Trinajstić information content (AvgIpc) is 2.78. The largest absolute Gasteiger partial charge is 0.496 e. The number of ether oxygens (including phenoxy) is 4. The Bertz CT molecular complexity index is 965. The monoisotopic (exact) mass is 448 g/mol. The summed E-state index contributed by atoms with van der Waals surface area (Å²) in [6.07, 6.45) is 3.69. The number of hydrogen-bond acceptors (Lipinski definition) is 7. The van der Waals surface area contributed by atoms with Crippen molar-refractivity contribution in [1.82, 2.24) is 4.98 Å². The van der Waals surface area contributed by atoms with Gasteiger partial charge >= 0.3 is 0 Å². The van der Waals surface area contributed by atoms with Crippen LogP contribution in [0.15, 0.2) is 29.4 Å². The van der Waals surface area contributed by atoms with Crippen molar-refractivity contribution in [3.63, 3.8) is 0 Å². The SMILES string of the molecule is CCOc1cc2c(cc1OC)C(c1cnc(OC)cc1OC)=NC1CCC(O)CC21.Cl. The van der Waals surface area contributed by atoms with E-state index in [1.54, 1.807) is 33.6 Å². The summed E-state index contributed by atoms with van der Waals surface area (Å²) in [6.45, 7) is 2.50. The van der Waals surface area contributed by atoms with Crippen molar-refractivity contribution >= 4 is 18.1 Å². The molecule has 2 aliphatic rings. The maximum absolute atomic E-state index is 10.3. The molecule has 0 bridgehead atoms. The lowest BCUT2D eigenvalue weighted by molar-refractivity contribution is 0.111. The summed E-state index contributed by atoms with van der Waals surface area (Å²) in [5.41, 5.74) is 3.69. The molecule has 7 nitrogen and oxygen atoms in total. The van der Waals surface area contributed by atoms with Gasteiger partial charge in [-0.1, -0.05) is 0 Å². The Labute approximate surface area is 188 Å². The van der Waals surface area contributed by atoms with E-state index in [9.17, 15) is 5.11 Å². The smallest absolute Gasteiger partial charge is 0.216 e. The number of fused-ring (bicyclic) bond motifs is 3. The van der Waals surface area contributed by atoms with Crippen LogP contribution < -0.4 is 18.9 Å². The van der Waals surface area contributed by atoms with Crippen molar-refractivity contribution < 1.29 is 24.1 Å². The van der Waals surface area contributed by atoms with E-state index in [-0.39, 0.29) is 30.5 Å². The molecule has 2 aromatic rings. The molecule has 31 heavy (non-hydrogen) atoms. The summed E-state index contributed by atoms with van der Waals surface area (Å²) < 4.78 is 22.3. The predicted octanol–water partition coefficient (Wildman–Crippen LogP) is 3.78. The highest BCUT2D eigenvalue weighted by Gasteiger charge is 2.38. The minimum atomic E-state index is -0.314. The Kier molecular flexibility index (Phi) is 7.28. The predicted molar refractivity (Wildman–Crippen MR) is 121 cm³/mol. The number of methoxy groups -OCH3 is 3. The third-order valence-electron chi connectivity index (χ3n) is 5.90. The average molecular weight is 449 g/mol. The molecule has 3 unspecified atom stereocenters. The van der Waals surface area contributed by atoms with Crippen LogP contribution in [0.1, 0.15) is 48.8 Å². The quantitative estimate of drug-likeness (QED) is 0.724. The van der Waals surface area contributed by atoms with Crippen molar-refractivity contribution in [1.29, 1.82) is 0 Å². The zero-order valence-electron chi connectivity index (χ0n) is 18.3. The first-order valence-electron chi connectivity index (χ1n) is 10.3. The summed E-state index contributed by atoms with van der Waals surface area (Å²) in [5.74, 6) is 2.62. The fourth-order valence-electron chi connectivity index (χ4n) is 4.46. The topological polar surface area (TPSA) is 82.4 Å². The van der Waals surface area contributed by atoms with Crippen LogP contribution in [-0.2, 0) is 0 Å². The van der Waals surface area contributed by atoms with Crippen LogP contribution in [0.25, 0.3) is 0 Å². The molecule has 8 heteroatoms. The molecule has 0 saturated heterocycles. The summed E-state index contributed by atoms with van der Waals surface area (Å²) >= 11 is 0. The Hall–Kier alpha value is -2.51. The molecule has 2 heterocycles. The first-order chi connectivity index (χ1) is 14.6. The third kappa shape index (κ3) is 4.29. The maximum Gasteiger partial charge on any atom is 0.216 e. The second-order valence-electron chi connectivity index (χ2n) is 7.57. The van der Waals surface area contributed by atoms with Crippen LogP contribution in [0.3, 0.4) is 0 Å². The minimum absolute atomic E-state index is 0. The van der Waals surface area contributed by atoms with Crippen LogP contribution >= 0.6 is 12.4 Å². The van der Waals surface area contributed by atoms with Crippen LogP contribution in [0, 0.1) is 0 Å². The van der Waals surface area contributed by atoms with Crippen molar-refractivity contribution in [2.75, 3.05) is 27.9 Å². The van der Waals surface area contributed by atoms with E-state index in [0.717, 1.165) is 35.2 Å². The highest BCUT2D eigenvalue weighted by Crippen LogP contribution is 2.45.